The number of thioether (sulfide) groups is 1. The fraction of sp³-hybridized carbons (Fsp3) is 0.312. The van der Waals surface area contributed by atoms with Gasteiger partial charge in [-0.05, 0) is 43.5 Å². The number of halogens is 5. The Labute approximate surface area is 283 Å². The number of pyridine rings is 1. The van der Waals surface area contributed by atoms with Crippen molar-refractivity contribution in [1.29, 1.82) is 0 Å². The van der Waals surface area contributed by atoms with Crippen LogP contribution in [0.25, 0.3) is 27.7 Å². The molecule has 0 saturated carbocycles. The number of carbonyl (C=O) groups is 1. The van der Waals surface area contributed by atoms with Crippen molar-refractivity contribution in [2.75, 3.05) is 29.5 Å². The number of nitrogens with zero attached hydrogens (tertiary/aromatic N) is 5. The molecule has 0 aliphatic carbocycles. The minimum atomic E-state index is -1.01. The summed E-state index contributed by atoms with van der Waals surface area (Å²) in [6.45, 7) is 11.7. The largest absolute Gasteiger partial charge is 0.397 e. The molecule has 0 spiro atoms. The number of hydrogen-bond donors (Lipinski definition) is 1. The first-order valence-corrected chi connectivity index (χ1v) is 16.6. The number of carbonyl (C=O) groups excluding carboxylic acids is 1. The molecule has 2 aliphatic rings. The van der Waals surface area contributed by atoms with Crippen molar-refractivity contribution in [2.45, 2.75) is 50.6 Å². The monoisotopic (exact) mass is 704 g/mol. The normalized spacial score (nSPS) is 17.8. The number of anilines is 2. The third kappa shape index (κ3) is 4.94. The van der Waals surface area contributed by atoms with Crippen molar-refractivity contribution in [3.8, 4) is 16.8 Å². The zero-order valence-electron chi connectivity index (χ0n) is 25.3. The summed E-state index contributed by atoms with van der Waals surface area (Å²) in [4.78, 5) is 40.1. The summed E-state index contributed by atoms with van der Waals surface area (Å²) in [5.41, 5.74) is 5.82. The number of aryl methyl sites for hydroxylation is 1. The standard InChI is InChI=1S/C32H29Cl3F2N6O2S/c1-6-19(44)41-11-16-12-46-30-22-29(25(37)20(23(30)35)21-24(36)17(33)9-18(34)26(21)38)43(28-14(4)7-8-39-27(28)13(2)3)32(45)40-31(22)42(16)10-15(41)5/h6-9,13,15-16H,1,10-12,38H2,2-5H3. The number of nitrogens with two attached hydrogens (primary N) is 1. The molecule has 2 atom stereocenters. The van der Waals surface area contributed by atoms with E-state index in [4.69, 9.17) is 40.5 Å². The minimum absolute atomic E-state index is 0.0911. The summed E-state index contributed by atoms with van der Waals surface area (Å²) < 4.78 is 34.5. The van der Waals surface area contributed by atoms with Crippen molar-refractivity contribution >= 4 is 74.9 Å². The summed E-state index contributed by atoms with van der Waals surface area (Å²) in [6.07, 6.45) is 2.88. The highest BCUT2D eigenvalue weighted by atomic mass is 35.5. The van der Waals surface area contributed by atoms with Crippen molar-refractivity contribution in [3.05, 3.63) is 79.4 Å². The molecule has 46 heavy (non-hydrogen) atoms. The van der Waals surface area contributed by atoms with Gasteiger partial charge in [-0.1, -0.05) is 55.2 Å². The Hall–Kier alpha value is -3.38. The van der Waals surface area contributed by atoms with E-state index in [9.17, 15) is 9.59 Å². The number of benzene rings is 2. The Kier molecular flexibility index (Phi) is 8.50. The van der Waals surface area contributed by atoms with Crippen LogP contribution in [-0.2, 0) is 4.79 Å². The maximum Gasteiger partial charge on any atom is 0.354 e. The quantitative estimate of drug-likeness (QED) is 0.134. The Morgan fingerprint density at radius 1 is 1.17 bits per heavy atom. The fourth-order valence-electron chi connectivity index (χ4n) is 6.32. The molecule has 1 fully saturated rings. The maximum atomic E-state index is 17.5. The SMILES string of the molecule is C=CC(=O)N1CC2CSc3c(Cl)c(-c4c(N)c(Cl)cc(Cl)c4F)c(F)c4c3c(nc(=O)n4-c3c(C)ccnc3C(C)C)N2CC1C. The third-order valence-electron chi connectivity index (χ3n) is 8.53. The van der Waals surface area contributed by atoms with Gasteiger partial charge in [0.2, 0.25) is 5.91 Å². The molecule has 14 heteroatoms. The number of piperazine rings is 1. The molecule has 8 nitrogen and oxygen atoms in total. The number of rotatable bonds is 4. The second-order valence-corrected chi connectivity index (χ2v) is 14.0. The number of aromatic nitrogens is 3. The summed E-state index contributed by atoms with van der Waals surface area (Å²) in [6, 6.07) is 2.26. The molecule has 0 radical (unpaired) electrons. The zero-order valence-corrected chi connectivity index (χ0v) is 28.4. The van der Waals surface area contributed by atoms with Gasteiger partial charge in [0.15, 0.2) is 11.6 Å². The topological polar surface area (TPSA) is 97.3 Å². The summed E-state index contributed by atoms with van der Waals surface area (Å²) in [7, 11) is 0. The lowest BCUT2D eigenvalue weighted by Crippen LogP contribution is -2.60. The van der Waals surface area contributed by atoms with E-state index in [2.05, 4.69) is 16.5 Å². The first-order valence-electron chi connectivity index (χ1n) is 14.5. The van der Waals surface area contributed by atoms with Crippen LogP contribution >= 0.6 is 46.6 Å². The molecule has 2 aromatic heterocycles. The van der Waals surface area contributed by atoms with Gasteiger partial charge in [-0.3, -0.25) is 14.3 Å². The van der Waals surface area contributed by atoms with Crippen molar-refractivity contribution in [3.63, 3.8) is 0 Å². The molecule has 240 valence electrons. The minimum Gasteiger partial charge on any atom is -0.397 e. The van der Waals surface area contributed by atoms with E-state index >= 15 is 8.78 Å². The molecular weight excluding hydrogens is 677 g/mol. The molecule has 1 amide bonds. The number of amides is 1. The molecule has 6 rings (SSSR count). The van der Waals surface area contributed by atoms with Gasteiger partial charge < -0.3 is 15.5 Å². The number of hydrogen-bond acceptors (Lipinski definition) is 7. The lowest BCUT2D eigenvalue weighted by molar-refractivity contribution is -0.128. The zero-order chi connectivity index (χ0) is 33.4. The Bertz CT molecular complexity index is 2010. The van der Waals surface area contributed by atoms with Crippen LogP contribution in [0.15, 0.2) is 40.7 Å². The third-order valence-corrected chi connectivity index (χ3v) is 10.9. The smallest absolute Gasteiger partial charge is 0.354 e. The van der Waals surface area contributed by atoms with Crippen molar-refractivity contribution < 1.29 is 13.6 Å². The summed E-state index contributed by atoms with van der Waals surface area (Å²) in [5, 5.41) is -0.323. The van der Waals surface area contributed by atoms with Gasteiger partial charge in [-0.15, -0.1) is 11.8 Å². The van der Waals surface area contributed by atoms with E-state index in [1.165, 1.54) is 22.4 Å². The molecule has 2 N–H and O–H groups in total. The van der Waals surface area contributed by atoms with Gasteiger partial charge in [0.25, 0.3) is 0 Å². The van der Waals surface area contributed by atoms with Gasteiger partial charge in [-0.2, -0.15) is 4.98 Å². The Morgan fingerprint density at radius 3 is 2.57 bits per heavy atom. The van der Waals surface area contributed by atoms with E-state index in [0.29, 0.717) is 40.7 Å². The van der Waals surface area contributed by atoms with Crippen LogP contribution in [0.2, 0.25) is 15.1 Å². The Morgan fingerprint density at radius 2 is 1.89 bits per heavy atom. The second-order valence-electron chi connectivity index (χ2n) is 11.7. The van der Waals surface area contributed by atoms with E-state index in [-0.39, 0.29) is 66.9 Å². The molecule has 4 aromatic rings. The van der Waals surface area contributed by atoms with Gasteiger partial charge in [0.05, 0.1) is 49.1 Å². The first kappa shape index (κ1) is 32.6. The number of fused-ring (bicyclic) bond motifs is 2. The van der Waals surface area contributed by atoms with E-state index < -0.39 is 22.9 Å². The van der Waals surface area contributed by atoms with Crippen LogP contribution in [0, 0.1) is 18.6 Å². The van der Waals surface area contributed by atoms with Gasteiger partial charge in [-0.25, -0.2) is 13.6 Å². The van der Waals surface area contributed by atoms with E-state index in [0.717, 1.165) is 6.07 Å². The predicted molar refractivity (Wildman–Crippen MR) is 182 cm³/mol. The predicted octanol–water partition coefficient (Wildman–Crippen LogP) is 7.40. The van der Waals surface area contributed by atoms with Crippen molar-refractivity contribution in [2.24, 2.45) is 0 Å². The van der Waals surface area contributed by atoms with Crippen LogP contribution in [0.1, 0.15) is 37.9 Å². The van der Waals surface area contributed by atoms with Gasteiger partial charge in [0.1, 0.15) is 5.82 Å². The average Bonchev–Trinajstić information content (AvgIpc) is 3.16. The fourth-order valence-corrected chi connectivity index (χ4v) is 8.42. The lowest BCUT2D eigenvalue weighted by Gasteiger charge is -2.45. The molecular formula is C32H29Cl3F2N6O2S. The molecule has 1 saturated heterocycles. The first-order chi connectivity index (χ1) is 21.8. The van der Waals surface area contributed by atoms with Gasteiger partial charge in [0, 0.05) is 47.1 Å². The number of nitrogen functional groups attached to an aromatic ring is 1. The summed E-state index contributed by atoms with van der Waals surface area (Å²) >= 11 is 20.8. The average molecular weight is 706 g/mol. The highest BCUT2D eigenvalue weighted by Crippen LogP contribution is 2.51. The molecule has 2 unspecified atom stereocenters. The van der Waals surface area contributed by atoms with Crippen molar-refractivity contribution in [1.82, 2.24) is 19.4 Å². The molecule has 2 aliphatic heterocycles. The lowest BCUT2D eigenvalue weighted by atomic mass is 9.98. The van der Waals surface area contributed by atoms with Crippen LogP contribution in [0.4, 0.5) is 20.3 Å². The molecule has 0 bridgehead atoms. The van der Waals surface area contributed by atoms with Crippen LogP contribution in [0.3, 0.4) is 0 Å². The molecule has 4 heterocycles. The van der Waals surface area contributed by atoms with E-state index in [1.54, 1.807) is 24.1 Å². The van der Waals surface area contributed by atoms with Gasteiger partial charge >= 0.3 is 5.69 Å². The van der Waals surface area contributed by atoms with Crippen LogP contribution < -0.4 is 16.3 Å². The maximum absolute atomic E-state index is 17.5. The Balaban J connectivity index is 1.79. The van der Waals surface area contributed by atoms with E-state index in [1.807, 2.05) is 25.7 Å². The highest BCUT2D eigenvalue weighted by molar-refractivity contribution is 7.99. The van der Waals surface area contributed by atoms with Crippen LogP contribution in [0.5, 0.6) is 0 Å². The highest BCUT2D eigenvalue weighted by Gasteiger charge is 2.40. The summed E-state index contributed by atoms with van der Waals surface area (Å²) in [5.74, 6) is -1.79. The van der Waals surface area contributed by atoms with Crippen LogP contribution in [-0.4, -0.2) is 56.3 Å². The molecule has 2 aromatic carbocycles. The second kappa shape index (κ2) is 12.0.